The Morgan fingerprint density at radius 2 is 1.88 bits per heavy atom. The fourth-order valence-corrected chi connectivity index (χ4v) is 4.74. The van der Waals surface area contributed by atoms with Crippen molar-refractivity contribution in [3.8, 4) is 0 Å². The van der Waals surface area contributed by atoms with Gasteiger partial charge in [0.1, 0.15) is 0 Å². The van der Waals surface area contributed by atoms with Gasteiger partial charge in [-0.05, 0) is 31.4 Å². The molecular formula is C18H21N5O2S. The lowest BCUT2D eigenvalue weighted by molar-refractivity contribution is -0.133. The van der Waals surface area contributed by atoms with Crippen LogP contribution in [0.1, 0.15) is 39.1 Å². The van der Waals surface area contributed by atoms with Gasteiger partial charge in [0.15, 0.2) is 5.01 Å². The number of carbonyl (C=O) groups is 2. The van der Waals surface area contributed by atoms with E-state index in [0.29, 0.717) is 18.1 Å². The Kier molecular flexibility index (Phi) is 4.58. The fourth-order valence-electron chi connectivity index (χ4n) is 3.72. The molecule has 1 fully saturated rings. The zero-order chi connectivity index (χ0) is 18.1. The molecule has 8 heteroatoms. The van der Waals surface area contributed by atoms with Crippen LogP contribution in [0.2, 0.25) is 0 Å². The van der Waals surface area contributed by atoms with Crippen molar-refractivity contribution in [2.24, 2.45) is 5.73 Å². The first-order valence-electron chi connectivity index (χ1n) is 8.86. The van der Waals surface area contributed by atoms with E-state index in [1.165, 1.54) is 11.3 Å². The number of carbonyl (C=O) groups excluding carboxylic acids is 2. The molecule has 2 aliphatic rings. The van der Waals surface area contributed by atoms with E-state index in [1.807, 2.05) is 17.0 Å². The highest BCUT2D eigenvalue weighted by Crippen LogP contribution is 2.36. The molecular weight excluding hydrogens is 350 g/mol. The van der Waals surface area contributed by atoms with Gasteiger partial charge in [-0.15, -0.1) is 11.3 Å². The highest BCUT2D eigenvalue weighted by Gasteiger charge is 2.34. The van der Waals surface area contributed by atoms with Gasteiger partial charge in [-0.25, -0.2) is 4.98 Å². The Morgan fingerprint density at radius 3 is 2.58 bits per heavy atom. The van der Waals surface area contributed by atoms with Crippen LogP contribution in [0.25, 0.3) is 0 Å². The summed E-state index contributed by atoms with van der Waals surface area (Å²) in [5.41, 5.74) is 7.28. The molecule has 136 valence electrons. The maximum Gasteiger partial charge on any atom is 0.277 e. The number of pyridine rings is 1. The minimum absolute atomic E-state index is 0.127. The number of anilines is 1. The van der Waals surface area contributed by atoms with E-state index in [4.69, 9.17) is 5.73 Å². The predicted octanol–water partition coefficient (Wildman–Crippen LogP) is 1.41. The number of piperazine rings is 1. The molecule has 1 saturated heterocycles. The predicted molar refractivity (Wildman–Crippen MR) is 99.3 cm³/mol. The summed E-state index contributed by atoms with van der Waals surface area (Å²) >= 11 is 1.34. The normalized spacial score (nSPS) is 19.9. The molecule has 1 unspecified atom stereocenters. The summed E-state index contributed by atoms with van der Waals surface area (Å²) in [4.78, 5) is 38.2. The summed E-state index contributed by atoms with van der Waals surface area (Å²) in [6.45, 7) is 3.00. The molecule has 1 atom stereocenters. The first kappa shape index (κ1) is 17.0. The van der Waals surface area contributed by atoms with Gasteiger partial charge in [-0.3, -0.25) is 14.6 Å². The highest BCUT2D eigenvalue weighted by atomic mass is 32.1. The van der Waals surface area contributed by atoms with Crippen LogP contribution in [0.3, 0.4) is 0 Å². The number of fused-ring (bicyclic) bond motifs is 1. The van der Waals surface area contributed by atoms with Crippen molar-refractivity contribution >= 4 is 28.8 Å². The van der Waals surface area contributed by atoms with E-state index in [1.54, 1.807) is 12.4 Å². The second-order valence-electron chi connectivity index (χ2n) is 6.65. The third-order valence-corrected chi connectivity index (χ3v) is 6.23. The molecule has 1 aliphatic carbocycles. The molecule has 7 nitrogen and oxygen atoms in total. The molecule has 2 N–H and O–H groups in total. The number of hydrogen-bond acceptors (Lipinski definition) is 6. The van der Waals surface area contributed by atoms with Crippen LogP contribution in [0.4, 0.5) is 5.69 Å². The van der Waals surface area contributed by atoms with Crippen LogP contribution in [0.5, 0.6) is 0 Å². The van der Waals surface area contributed by atoms with Gasteiger partial charge in [-0.1, -0.05) is 0 Å². The zero-order valence-electron chi connectivity index (χ0n) is 14.4. The molecule has 0 spiro atoms. The number of thiazole rings is 1. The van der Waals surface area contributed by atoms with Crippen LogP contribution in [0.15, 0.2) is 24.5 Å². The van der Waals surface area contributed by atoms with Gasteiger partial charge in [0.2, 0.25) is 5.91 Å². The van der Waals surface area contributed by atoms with Crippen molar-refractivity contribution in [2.75, 3.05) is 31.1 Å². The monoisotopic (exact) mass is 371 g/mol. The Morgan fingerprint density at radius 1 is 1.15 bits per heavy atom. The van der Waals surface area contributed by atoms with E-state index in [0.717, 1.165) is 48.6 Å². The highest BCUT2D eigenvalue weighted by molar-refractivity contribution is 7.13. The largest absolute Gasteiger partial charge is 0.368 e. The van der Waals surface area contributed by atoms with E-state index in [-0.39, 0.29) is 11.8 Å². The van der Waals surface area contributed by atoms with Crippen molar-refractivity contribution < 1.29 is 9.59 Å². The summed E-state index contributed by atoms with van der Waals surface area (Å²) in [6.07, 6.45) is 6.18. The van der Waals surface area contributed by atoms with E-state index in [2.05, 4.69) is 14.9 Å². The number of aryl methyl sites for hydroxylation is 1. The molecule has 1 aliphatic heterocycles. The van der Waals surface area contributed by atoms with Crippen LogP contribution in [-0.2, 0) is 11.2 Å². The smallest absolute Gasteiger partial charge is 0.277 e. The molecule has 0 aromatic carbocycles. The van der Waals surface area contributed by atoms with Crippen LogP contribution >= 0.6 is 11.3 Å². The van der Waals surface area contributed by atoms with E-state index < -0.39 is 5.91 Å². The summed E-state index contributed by atoms with van der Waals surface area (Å²) in [7, 11) is 0. The van der Waals surface area contributed by atoms with Crippen LogP contribution in [-0.4, -0.2) is 52.9 Å². The van der Waals surface area contributed by atoms with Crippen LogP contribution in [0, 0.1) is 0 Å². The molecule has 0 bridgehead atoms. The number of hydrogen-bond donors (Lipinski definition) is 1. The molecule has 26 heavy (non-hydrogen) atoms. The van der Waals surface area contributed by atoms with Gasteiger partial charge in [-0.2, -0.15) is 0 Å². The van der Waals surface area contributed by atoms with Gasteiger partial charge < -0.3 is 15.5 Å². The minimum atomic E-state index is -0.512. The second-order valence-corrected chi connectivity index (χ2v) is 7.74. The lowest BCUT2D eigenvalue weighted by Gasteiger charge is -2.38. The Bertz CT molecular complexity index is 814. The van der Waals surface area contributed by atoms with Gasteiger partial charge in [0.05, 0.1) is 11.6 Å². The van der Waals surface area contributed by atoms with Crippen molar-refractivity contribution in [2.45, 2.75) is 25.2 Å². The number of nitrogens with two attached hydrogens (primary N) is 1. The fraction of sp³-hybridized carbons (Fsp3) is 0.444. The number of nitrogens with zero attached hydrogens (tertiary/aromatic N) is 4. The quantitative estimate of drug-likeness (QED) is 0.881. The summed E-state index contributed by atoms with van der Waals surface area (Å²) < 4.78 is 0. The molecule has 2 aromatic rings. The molecule has 0 saturated carbocycles. The molecule has 4 rings (SSSR count). The lowest BCUT2D eigenvalue weighted by Crippen LogP contribution is -2.50. The number of aromatic nitrogens is 2. The number of primary amides is 1. The van der Waals surface area contributed by atoms with Crippen molar-refractivity contribution in [3.63, 3.8) is 0 Å². The van der Waals surface area contributed by atoms with Crippen molar-refractivity contribution in [1.29, 1.82) is 0 Å². The Labute approximate surface area is 155 Å². The van der Waals surface area contributed by atoms with Gasteiger partial charge in [0.25, 0.3) is 5.91 Å². The average Bonchev–Trinajstić information content (AvgIpc) is 3.13. The number of amides is 2. The minimum Gasteiger partial charge on any atom is -0.368 e. The van der Waals surface area contributed by atoms with Crippen LogP contribution < -0.4 is 10.6 Å². The summed E-state index contributed by atoms with van der Waals surface area (Å²) in [5.74, 6) is -0.626. The van der Waals surface area contributed by atoms with Crippen molar-refractivity contribution in [1.82, 2.24) is 14.9 Å². The maximum atomic E-state index is 13.1. The van der Waals surface area contributed by atoms with E-state index >= 15 is 0 Å². The van der Waals surface area contributed by atoms with Crippen molar-refractivity contribution in [3.05, 3.63) is 40.1 Å². The topological polar surface area (TPSA) is 92.4 Å². The Balaban J connectivity index is 1.46. The third-order valence-electron chi connectivity index (χ3n) is 5.08. The Hall–Kier alpha value is -2.48. The first-order valence-corrected chi connectivity index (χ1v) is 9.68. The first-order chi connectivity index (χ1) is 12.6. The molecule has 2 aromatic heterocycles. The summed E-state index contributed by atoms with van der Waals surface area (Å²) in [5, 5.41) is 0.317. The average molecular weight is 371 g/mol. The molecule has 0 radical (unpaired) electrons. The maximum absolute atomic E-state index is 13.1. The molecule has 3 heterocycles. The second kappa shape index (κ2) is 7.03. The standard InChI is InChI=1S/C18H21N5O2S/c19-16(24)17-21-15-13(2-1-3-14(15)26-17)18(25)23-10-8-22(9-11-23)12-4-6-20-7-5-12/h4-7,13H,1-3,8-11H2,(H2,19,24). The molecule has 2 amide bonds. The lowest BCUT2D eigenvalue weighted by atomic mass is 9.89. The summed E-state index contributed by atoms with van der Waals surface area (Å²) in [6, 6.07) is 3.98. The van der Waals surface area contributed by atoms with Gasteiger partial charge in [0, 0.05) is 49.1 Å². The number of rotatable bonds is 3. The van der Waals surface area contributed by atoms with Gasteiger partial charge >= 0.3 is 0 Å². The zero-order valence-corrected chi connectivity index (χ0v) is 15.2. The third kappa shape index (κ3) is 3.16. The SMILES string of the molecule is NC(=O)c1nc2c(s1)CCCC2C(=O)N1CCN(c2ccncc2)CC1. The van der Waals surface area contributed by atoms with E-state index in [9.17, 15) is 9.59 Å².